The van der Waals surface area contributed by atoms with Crippen LogP contribution in [0.2, 0.25) is 5.15 Å². The van der Waals surface area contributed by atoms with Gasteiger partial charge < -0.3 is 4.90 Å². The monoisotopic (exact) mass is 433 g/mol. The molecule has 0 N–H and O–H groups in total. The van der Waals surface area contributed by atoms with Gasteiger partial charge in [-0.3, -0.25) is 4.79 Å². The molecule has 28 heavy (non-hydrogen) atoms. The number of carbonyl (C=O) groups is 1. The van der Waals surface area contributed by atoms with E-state index in [9.17, 15) is 26.4 Å². The topological polar surface area (TPSA) is 70.6 Å². The summed E-state index contributed by atoms with van der Waals surface area (Å²) >= 11 is 5.91. The smallest absolute Gasteiger partial charge is 0.336 e. The lowest BCUT2D eigenvalue weighted by Gasteiger charge is -2.34. The zero-order valence-electron chi connectivity index (χ0n) is 14.4. The second-order valence-corrected chi connectivity index (χ2v) is 8.36. The van der Waals surface area contributed by atoms with Gasteiger partial charge in [0.25, 0.3) is 5.91 Å². The number of aromatic nitrogens is 1. The average Bonchev–Trinajstić information content (AvgIpc) is 2.67. The molecule has 0 saturated carbocycles. The molecule has 1 aromatic carbocycles. The molecule has 0 atom stereocenters. The summed E-state index contributed by atoms with van der Waals surface area (Å²) in [6.07, 6.45) is -3.20. The van der Waals surface area contributed by atoms with E-state index in [1.807, 2.05) is 0 Å². The number of benzene rings is 1. The van der Waals surface area contributed by atoms with E-state index in [2.05, 4.69) is 4.98 Å². The Morgan fingerprint density at radius 3 is 2.36 bits per heavy atom. The number of carbonyl (C=O) groups excluding carboxylic acids is 1. The first-order valence-electron chi connectivity index (χ1n) is 8.18. The summed E-state index contributed by atoms with van der Waals surface area (Å²) < 4.78 is 65.0. The maximum Gasteiger partial charge on any atom is 0.416 e. The number of rotatable bonds is 3. The van der Waals surface area contributed by atoms with Gasteiger partial charge in [0.15, 0.2) is 0 Å². The van der Waals surface area contributed by atoms with Crippen molar-refractivity contribution in [1.82, 2.24) is 14.2 Å². The number of hydrogen-bond donors (Lipinski definition) is 0. The average molecular weight is 434 g/mol. The molecular weight excluding hydrogens is 419 g/mol. The van der Waals surface area contributed by atoms with Crippen LogP contribution in [0.15, 0.2) is 47.5 Å². The fourth-order valence-electron chi connectivity index (χ4n) is 2.83. The van der Waals surface area contributed by atoms with Crippen LogP contribution in [0.25, 0.3) is 0 Å². The maximum absolute atomic E-state index is 12.9. The highest BCUT2D eigenvalue weighted by Crippen LogP contribution is 2.31. The minimum atomic E-state index is -4.64. The summed E-state index contributed by atoms with van der Waals surface area (Å²) in [4.78, 5) is 17.3. The molecule has 11 heteroatoms. The standard InChI is InChI=1S/C17H15ClF3N3O3S/c18-15-14(5-2-6-22-15)16(25)23-7-9-24(10-8-23)28(26,27)13-4-1-3-12(11-13)17(19,20)21/h1-6,11H,7-10H2. The predicted octanol–water partition coefficient (Wildman–Crippen LogP) is 2.90. The molecule has 1 fully saturated rings. The zero-order chi connectivity index (χ0) is 20.5. The molecule has 0 unspecified atom stereocenters. The van der Waals surface area contributed by atoms with Crippen LogP contribution in [-0.2, 0) is 16.2 Å². The van der Waals surface area contributed by atoms with Crippen LogP contribution < -0.4 is 0 Å². The molecule has 3 rings (SSSR count). The van der Waals surface area contributed by atoms with Crippen molar-refractivity contribution in [2.24, 2.45) is 0 Å². The van der Waals surface area contributed by atoms with Gasteiger partial charge in [-0.1, -0.05) is 17.7 Å². The quantitative estimate of drug-likeness (QED) is 0.698. The van der Waals surface area contributed by atoms with E-state index in [1.165, 1.54) is 17.2 Å². The maximum atomic E-state index is 12.9. The van der Waals surface area contributed by atoms with Crippen molar-refractivity contribution in [3.05, 3.63) is 58.9 Å². The summed E-state index contributed by atoms with van der Waals surface area (Å²) in [6, 6.07) is 6.68. The summed E-state index contributed by atoms with van der Waals surface area (Å²) in [7, 11) is -4.11. The Kier molecular flexibility index (Phi) is 5.64. The lowest BCUT2D eigenvalue weighted by molar-refractivity contribution is -0.137. The van der Waals surface area contributed by atoms with Gasteiger partial charge in [0.2, 0.25) is 10.0 Å². The summed E-state index contributed by atoms with van der Waals surface area (Å²) in [5.41, 5.74) is -0.827. The minimum Gasteiger partial charge on any atom is -0.336 e. The molecular formula is C17H15ClF3N3O3S. The number of piperazine rings is 1. The number of halogens is 4. The third kappa shape index (κ3) is 4.13. The Balaban J connectivity index is 1.74. The van der Waals surface area contributed by atoms with Gasteiger partial charge in [-0.2, -0.15) is 17.5 Å². The third-order valence-electron chi connectivity index (χ3n) is 4.31. The number of alkyl halides is 3. The first kappa shape index (κ1) is 20.6. The number of amides is 1. The molecule has 1 aliphatic rings. The Labute approximate surface area is 164 Å². The van der Waals surface area contributed by atoms with Crippen LogP contribution in [0.4, 0.5) is 13.2 Å². The van der Waals surface area contributed by atoms with E-state index >= 15 is 0 Å². The van der Waals surface area contributed by atoms with Gasteiger partial charge >= 0.3 is 6.18 Å². The molecule has 1 amide bonds. The normalized spacial score (nSPS) is 16.2. The zero-order valence-corrected chi connectivity index (χ0v) is 15.9. The molecule has 1 aromatic heterocycles. The lowest BCUT2D eigenvalue weighted by Crippen LogP contribution is -2.50. The summed E-state index contributed by atoms with van der Waals surface area (Å²) in [5, 5.41) is 0.0477. The highest BCUT2D eigenvalue weighted by Gasteiger charge is 2.34. The molecule has 0 radical (unpaired) electrons. The molecule has 2 heterocycles. The molecule has 1 saturated heterocycles. The van der Waals surface area contributed by atoms with E-state index in [0.717, 1.165) is 22.5 Å². The van der Waals surface area contributed by atoms with Crippen LogP contribution >= 0.6 is 11.6 Å². The van der Waals surface area contributed by atoms with E-state index in [0.29, 0.717) is 6.07 Å². The van der Waals surface area contributed by atoms with Gasteiger partial charge in [0.1, 0.15) is 5.15 Å². The van der Waals surface area contributed by atoms with Gasteiger partial charge in [-0.15, -0.1) is 0 Å². The second kappa shape index (κ2) is 7.69. The van der Waals surface area contributed by atoms with E-state index in [-0.39, 0.29) is 42.8 Å². The SMILES string of the molecule is O=C(c1cccnc1Cl)N1CCN(S(=O)(=O)c2cccc(C(F)(F)F)c2)CC1. The van der Waals surface area contributed by atoms with E-state index in [1.54, 1.807) is 6.07 Å². The Hall–Kier alpha value is -2.17. The van der Waals surface area contributed by atoms with Crippen LogP contribution in [0.3, 0.4) is 0 Å². The number of sulfonamides is 1. The van der Waals surface area contributed by atoms with Gasteiger partial charge in [0.05, 0.1) is 16.0 Å². The van der Waals surface area contributed by atoms with Crippen molar-refractivity contribution in [1.29, 1.82) is 0 Å². The second-order valence-electron chi connectivity index (χ2n) is 6.06. The van der Waals surface area contributed by atoms with Crippen LogP contribution in [0.5, 0.6) is 0 Å². The molecule has 0 aliphatic carbocycles. The highest BCUT2D eigenvalue weighted by molar-refractivity contribution is 7.89. The molecule has 0 bridgehead atoms. The minimum absolute atomic E-state index is 0.0395. The fourth-order valence-corrected chi connectivity index (χ4v) is 4.50. The fraction of sp³-hybridized carbons (Fsp3) is 0.294. The largest absolute Gasteiger partial charge is 0.416 e. The Bertz CT molecular complexity index is 990. The first-order chi connectivity index (χ1) is 13.1. The third-order valence-corrected chi connectivity index (χ3v) is 6.51. The van der Waals surface area contributed by atoms with Crippen molar-refractivity contribution >= 4 is 27.5 Å². The molecule has 1 aliphatic heterocycles. The molecule has 6 nitrogen and oxygen atoms in total. The van der Waals surface area contributed by atoms with Gasteiger partial charge in [-0.05, 0) is 30.3 Å². The summed E-state index contributed by atoms with van der Waals surface area (Å²) in [6.45, 7) is 0.0922. The van der Waals surface area contributed by atoms with Crippen molar-refractivity contribution in [3.63, 3.8) is 0 Å². The van der Waals surface area contributed by atoms with Crippen molar-refractivity contribution in [2.45, 2.75) is 11.1 Å². The Morgan fingerprint density at radius 1 is 1.07 bits per heavy atom. The van der Waals surface area contributed by atoms with Gasteiger partial charge in [0, 0.05) is 32.4 Å². The predicted molar refractivity (Wildman–Crippen MR) is 95.4 cm³/mol. The number of nitrogens with zero attached hydrogens (tertiary/aromatic N) is 3. The summed E-state index contributed by atoms with van der Waals surface area (Å²) in [5.74, 6) is -0.380. The number of pyridine rings is 1. The molecule has 2 aromatic rings. The highest BCUT2D eigenvalue weighted by atomic mass is 35.5. The first-order valence-corrected chi connectivity index (χ1v) is 10.00. The van der Waals surface area contributed by atoms with Crippen molar-refractivity contribution < 1.29 is 26.4 Å². The van der Waals surface area contributed by atoms with Gasteiger partial charge in [-0.25, -0.2) is 13.4 Å². The molecule has 0 spiro atoms. The van der Waals surface area contributed by atoms with Crippen LogP contribution in [-0.4, -0.2) is 54.7 Å². The molecule has 150 valence electrons. The van der Waals surface area contributed by atoms with E-state index in [4.69, 9.17) is 11.6 Å². The number of hydrogen-bond acceptors (Lipinski definition) is 4. The van der Waals surface area contributed by atoms with E-state index < -0.39 is 26.7 Å². The van der Waals surface area contributed by atoms with Crippen LogP contribution in [0.1, 0.15) is 15.9 Å². The van der Waals surface area contributed by atoms with Crippen molar-refractivity contribution in [2.75, 3.05) is 26.2 Å². The van der Waals surface area contributed by atoms with Crippen LogP contribution in [0, 0.1) is 0 Å². The lowest BCUT2D eigenvalue weighted by atomic mass is 10.2. The Morgan fingerprint density at radius 2 is 1.75 bits per heavy atom. The van der Waals surface area contributed by atoms with Crippen molar-refractivity contribution in [3.8, 4) is 0 Å².